The van der Waals surface area contributed by atoms with Crippen molar-refractivity contribution < 1.29 is 4.79 Å². The van der Waals surface area contributed by atoms with Gasteiger partial charge in [0, 0.05) is 24.2 Å². The predicted octanol–water partition coefficient (Wildman–Crippen LogP) is 1.63. The van der Waals surface area contributed by atoms with Crippen molar-refractivity contribution in [3.05, 3.63) is 35.4 Å². The lowest BCUT2D eigenvalue weighted by Crippen LogP contribution is -2.48. The molecule has 1 aromatic carbocycles. The summed E-state index contributed by atoms with van der Waals surface area (Å²) in [7, 11) is 1.92. The third-order valence-electron chi connectivity index (χ3n) is 3.90. The summed E-state index contributed by atoms with van der Waals surface area (Å²) in [5.41, 5.74) is 3.05. The quantitative estimate of drug-likeness (QED) is 0.752. The first-order valence-electron chi connectivity index (χ1n) is 6.33. The lowest BCUT2D eigenvalue weighted by molar-refractivity contribution is 0.0856. The Morgan fingerprint density at radius 3 is 3.00 bits per heavy atom. The molecule has 0 saturated heterocycles. The molecule has 0 radical (unpaired) electrons. The Labute approximate surface area is 107 Å². The minimum atomic E-state index is 0.00542. The van der Waals surface area contributed by atoms with E-state index in [1.165, 1.54) is 0 Å². The van der Waals surface area contributed by atoms with E-state index in [0.29, 0.717) is 5.92 Å². The summed E-state index contributed by atoms with van der Waals surface area (Å²) in [6.45, 7) is 2.04. The largest absolute Gasteiger partial charge is 0.330 e. The fraction of sp³-hybridized carbons (Fsp3) is 0.429. The van der Waals surface area contributed by atoms with Crippen LogP contribution in [0.25, 0.3) is 0 Å². The molecule has 0 bridgehead atoms. The van der Waals surface area contributed by atoms with Gasteiger partial charge in [-0.2, -0.15) is 5.10 Å². The zero-order valence-electron chi connectivity index (χ0n) is 10.7. The van der Waals surface area contributed by atoms with E-state index in [2.05, 4.69) is 10.4 Å². The number of carbonyl (C=O) groups excluding carboxylic acids is 1. The first kappa shape index (κ1) is 11.3. The second-order valence-electron chi connectivity index (χ2n) is 5.04. The highest BCUT2D eigenvalue weighted by Gasteiger charge is 2.35. The van der Waals surface area contributed by atoms with Crippen molar-refractivity contribution in [2.24, 2.45) is 11.0 Å². The van der Waals surface area contributed by atoms with E-state index in [-0.39, 0.29) is 12.1 Å². The number of amides is 1. The van der Waals surface area contributed by atoms with E-state index in [9.17, 15) is 4.79 Å². The van der Waals surface area contributed by atoms with Gasteiger partial charge in [-0.1, -0.05) is 18.2 Å². The van der Waals surface area contributed by atoms with E-state index in [4.69, 9.17) is 0 Å². The summed E-state index contributed by atoms with van der Waals surface area (Å²) in [5, 5.41) is 9.41. The van der Waals surface area contributed by atoms with Gasteiger partial charge in [-0.15, -0.1) is 0 Å². The molecule has 2 aliphatic rings. The monoisotopic (exact) mass is 243 g/mol. The van der Waals surface area contributed by atoms with Crippen LogP contribution in [0.2, 0.25) is 0 Å². The van der Waals surface area contributed by atoms with Gasteiger partial charge in [0.2, 0.25) is 0 Å². The van der Waals surface area contributed by atoms with E-state index in [1.54, 1.807) is 0 Å². The van der Waals surface area contributed by atoms with E-state index >= 15 is 0 Å². The van der Waals surface area contributed by atoms with Crippen molar-refractivity contribution >= 4 is 11.6 Å². The molecule has 0 fully saturated rings. The number of nitrogens with one attached hydrogen (secondary N) is 1. The maximum absolute atomic E-state index is 12.3. The van der Waals surface area contributed by atoms with Crippen molar-refractivity contribution in [2.45, 2.75) is 25.9 Å². The van der Waals surface area contributed by atoms with Crippen LogP contribution in [0.3, 0.4) is 0 Å². The zero-order valence-corrected chi connectivity index (χ0v) is 10.7. The van der Waals surface area contributed by atoms with Gasteiger partial charge in [-0.25, -0.2) is 0 Å². The SMILES string of the molecule is CC1=NN(C)C2NC(=O)c3ccccc3CCC12. The fourth-order valence-electron chi connectivity index (χ4n) is 2.92. The lowest BCUT2D eigenvalue weighted by atomic mass is 9.89. The molecule has 4 heteroatoms. The first-order valence-corrected chi connectivity index (χ1v) is 6.33. The van der Waals surface area contributed by atoms with E-state index in [0.717, 1.165) is 29.7 Å². The van der Waals surface area contributed by atoms with Crippen LogP contribution in [0, 0.1) is 5.92 Å². The molecular weight excluding hydrogens is 226 g/mol. The van der Waals surface area contributed by atoms with Gasteiger partial charge in [-0.05, 0) is 31.4 Å². The molecule has 3 rings (SSSR count). The van der Waals surface area contributed by atoms with Crippen molar-refractivity contribution in [1.29, 1.82) is 0 Å². The molecule has 0 spiro atoms. The average molecular weight is 243 g/mol. The lowest BCUT2D eigenvalue weighted by Gasteiger charge is -2.28. The molecule has 2 atom stereocenters. The Balaban J connectivity index is 1.97. The van der Waals surface area contributed by atoms with Gasteiger partial charge in [0.15, 0.2) is 0 Å². The fourth-order valence-corrected chi connectivity index (χ4v) is 2.92. The summed E-state index contributed by atoms with van der Waals surface area (Å²) in [6, 6.07) is 7.85. The molecular formula is C14H17N3O. The Kier molecular flexibility index (Phi) is 2.58. The third kappa shape index (κ3) is 1.68. The van der Waals surface area contributed by atoms with Crippen molar-refractivity contribution in [3.8, 4) is 0 Å². The van der Waals surface area contributed by atoms with Crippen LogP contribution in [0.1, 0.15) is 29.3 Å². The van der Waals surface area contributed by atoms with Crippen LogP contribution >= 0.6 is 0 Å². The summed E-state index contributed by atoms with van der Waals surface area (Å²) < 4.78 is 0. The average Bonchev–Trinajstić information content (AvgIpc) is 2.60. The van der Waals surface area contributed by atoms with E-state index in [1.807, 2.05) is 43.2 Å². The highest BCUT2D eigenvalue weighted by molar-refractivity contribution is 5.97. The maximum atomic E-state index is 12.3. The van der Waals surface area contributed by atoms with Crippen LogP contribution < -0.4 is 5.32 Å². The van der Waals surface area contributed by atoms with Gasteiger partial charge in [-0.3, -0.25) is 9.80 Å². The topological polar surface area (TPSA) is 44.7 Å². The zero-order chi connectivity index (χ0) is 12.7. The van der Waals surface area contributed by atoms with Crippen LogP contribution in [-0.4, -0.2) is 29.8 Å². The minimum absolute atomic E-state index is 0.00542. The van der Waals surface area contributed by atoms with Gasteiger partial charge < -0.3 is 5.32 Å². The first-order chi connectivity index (χ1) is 8.66. The Hall–Kier alpha value is -1.84. The van der Waals surface area contributed by atoms with Gasteiger partial charge >= 0.3 is 0 Å². The number of hydrazone groups is 1. The molecule has 1 amide bonds. The highest BCUT2D eigenvalue weighted by atomic mass is 16.2. The van der Waals surface area contributed by atoms with Crippen LogP contribution in [0.4, 0.5) is 0 Å². The number of benzene rings is 1. The van der Waals surface area contributed by atoms with Gasteiger partial charge in [0.05, 0.1) is 0 Å². The smallest absolute Gasteiger partial charge is 0.253 e. The number of fused-ring (bicyclic) bond motifs is 2. The van der Waals surface area contributed by atoms with Crippen molar-refractivity contribution in [1.82, 2.24) is 10.3 Å². The van der Waals surface area contributed by atoms with Crippen molar-refractivity contribution in [3.63, 3.8) is 0 Å². The Morgan fingerprint density at radius 1 is 1.39 bits per heavy atom. The number of nitrogens with zero attached hydrogens (tertiary/aromatic N) is 2. The van der Waals surface area contributed by atoms with Gasteiger partial charge in [0.25, 0.3) is 5.91 Å². The normalized spacial score (nSPS) is 26.7. The van der Waals surface area contributed by atoms with Crippen LogP contribution in [0.15, 0.2) is 29.4 Å². The summed E-state index contributed by atoms with van der Waals surface area (Å²) in [6.07, 6.45) is 1.97. The second kappa shape index (κ2) is 4.12. The molecule has 0 aromatic heterocycles. The second-order valence-corrected chi connectivity index (χ2v) is 5.04. The number of rotatable bonds is 0. The van der Waals surface area contributed by atoms with Gasteiger partial charge in [0.1, 0.15) is 6.17 Å². The molecule has 1 aromatic rings. The molecule has 1 N–H and O–H groups in total. The molecule has 94 valence electrons. The summed E-state index contributed by atoms with van der Waals surface area (Å²) in [4.78, 5) is 12.3. The highest BCUT2D eigenvalue weighted by Crippen LogP contribution is 2.27. The standard InChI is InChI=1S/C14H17N3O/c1-9-11-8-7-10-5-3-4-6-12(10)14(18)15-13(11)17(2)16-9/h3-6,11,13H,7-8H2,1-2H3,(H,15,18). The summed E-state index contributed by atoms with van der Waals surface area (Å²) >= 11 is 0. The minimum Gasteiger partial charge on any atom is -0.330 e. The molecule has 0 aliphatic carbocycles. The van der Waals surface area contributed by atoms with Crippen molar-refractivity contribution in [2.75, 3.05) is 7.05 Å². The number of aryl methyl sites for hydroxylation is 1. The summed E-state index contributed by atoms with van der Waals surface area (Å²) in [5.74, 6) is 0.337. The molecule has 2 unspecified atom stereocenters. The Morgan fingerprint density at radius 2 is 2.17 bits per heavy atom. The number of carbonyl (C=O) groups is 1. The van der Waals surface area contributed by atoms with Crippen LogP contribution in [0.5, 0.6) is 0 Å². The number of hydrogen-bond acceptors (Lipinski definition) is 3. The number of hydrogen-bond donors (Lipinski definition) is 1. The molecule has 4 nitrogen and oxygen atoms in total. The molecule has 18 heavy (non-hydrogen) atoms. The molecule has 2 aliphatic heterocycles. The third-order valence-corrected chi connectivity index (χ3v) is 3.90. The van der Waals surface area contributed by atoms with Crippen LogP contribution in [-0.2, 0) is 6.42 Å². The van der Waals surface area contributed by atoms with E-state index < -0.39 is 0 Å². The predicted molar refractivity (Wildman–Crippen MR) is 70.4 cm³/mol. The maximum Gasteiger partial charge on any atom is 0.253 e. The molecule has 0 saturated carbocycles. The Bertz CT molecular complexity index is 524. The molecule has 2 heterocycles.